The molecule has 0 aliphatic carbocycles. The van der Waals surface area contributed by atoms with Gasteiger partial charge in [0.25, 0.3) is 5.89 Å². The van der Waals surface area contributed by atoms with Crippen molar-refractivity contribution in [2.24, 2.45) is 0 Å². The van der Waals surface area contributed by atoms with E-state index in [1.54, 1.807) is 6.92 Å². The van der Waals surface area contributed by atoms with Crippen LogP contribution in [0.25, 0.3) is 11.4 Å². The highest BCUT2D eigenvalue weighted by molar-refractivity contribution is 5.93. The molecule has 7 heteroatoms. The zero-order valence-corrected chi connectivity index (χ0v) is 13.7. The number of nitrogens with zero attached hydrogens (tertiary/aromatic N) is 2. The first-order valence-corrected chi connectivity index (χ1v) is 7.54. The second-order valence-electron chi connectivity index (χ2n) is 5.58. The van der Waals surface area contributed by atoms with E-state index in [9.17, 15) is 15.0 Å². The standard InChI is InChI=1S/C18H16N2O5/c1-10-3-6-12(7-4-10)17-19-14(25-20-17)9-24-18(23)13-8-5-11(2)15(21)16(13)22/h3-8,21-22H,9H2,1-2H3. The third-order valence-electron chi connectivity index (χ3n) is 3.68. The van der Waals surface area contributed by atoms with Crippen molar-refractivity contribution in [3.63, 3.8) is 0 Å². The summed E-state index contributed by atoms with van der Waals surface area (Å²) in [4.78, 5) is 16.2. The van der Waals surface area contributed by atoms with Crippen molar-refractivity contribution in [1.29, 1.82) is 0 Å². The number of hydrogen-bond donors (Lipinski definition) is 2. The van der Waals surface area contributed by atoms with Gasteiger partial charge >= 0.3 is 5.97 Å². The van der Waals surface area contributed by atoms with Gasteiger partial charge in [0.15, 0.2) is 18.1 Å². The number of phenolic OH excluding ortho intramolecular Hbond substituents is 2. The summed E-state index contributed by atoms with van der Waals surface area (Å²) in [7, 11) is 0. The predicted octanol–water partition coefficient (Wildman–Crippen LogP) is 3.12. The average Bonchev–Trinajstić information content (AvgIpc) is 3.07. The van der Waals surface area contributed by atoms with Gasteiger partial charge in [-0.25, -0.2) is 4.79 Å². The molecule has 25 heavy (non-hydrogen) atoms. The lowest BCUT2D eigenvalue weighted by molar-refractivity contribution is 0.0426. The van der Waals surface area contributed by atoms with Gasteiger partial charge in [0.1, 0.15) is 5.56 Å². The van der Waals surface area contributed by atoms with Crippen LogP contribution in [0.3, 0.4) is 0 Å². The molecule has 7 nitrogen and oxygen atoms in total. The maximum Gasteiger partial charge on any atom is 0.342 e. The molecule has 0 saturated carbocycles. The highest BCUT2D eigenvalue weighted by atomic mass is 16.6. The molecule has 2 N–H and O–H groups in total. The fourth-order valence-electron chi connectivity index (χ4n) is 2.18. The van der Waals surface area contributed by atoms with Crippen LogP contribution in [0.2, 0.25) is 0 Å². The second-order valence-corrected chi connectivity index (χ2v) is 5.58. The van der Waals surface area contributed by atoms with Crippen LogP contribution >= 0.6 is 0 Å². The Hall–Kier alpha value is -3.35. The molecule has 0 spiro atoms. The third kappa shape index (κ3) is 3.45. The van der Waals surface area contributed by atoms with Crippen LogP contribution < -0.4 is 0 Å². The van der Waals surface area contributed by atoms with E-state index in [1.807, 2.05) is 31.2 Å². The highest BCUT2D eigenvalue weighted by Gasteiger charge is 2.18. The molecule has 0 fully saturated rings. The van der Waals surface area contributed by atoms with Gasteiger partial charge in [0.2, 0.25) is 5.82 Å². The molecule has 0 amide bonds. The molecular weight excluding hydrogens is 324 g/mol. The van der Waals surface area contributed by atoms with E-state index in [2.05, 4.69) is 10.1 Å². The predicted molar refractivity (Wildman–Crippen MR) is 88.1 cm³/mol. The molecule has 1 heterocycles. The number of carbonyl (C=O) groups excluding carboxylic acids is 1. The van der Waals surface area contributed by atoms with Crippen molar-refractivity contribution in [2.45, 2.75) is 20.5 Å². The fraction of sp³-hybridized carbons (Fsp3) is 0.167. The van der Waals surface area contributed by atoms with Gasteiger partial charge in [0.05, 0.1) is 0 Å². The van der Waals surface area contributed by atoms with Crippen LogP contribution in [0.1, 0.15) is 27.4 Å². The number of benzene rings is 2. The number of rotatable bonds is 4. The molecule has 1 aromatic heterocycles. The summed E-state index contributed by atoms with van der Waals surface area (Å²) in [6.45, 7) is 3.34. The number of aromatic hydroxyl groups is 2. The lowest BCUT2D eigenvalue weighted by atomic mass is 10.1. The highest BCUT2D eigenvalue weighted by Crippen LogP contribution is 2.32. The van der Waals surface area contributed by atoms with Crippen LogP contribution in [0, 0.1) is 13.8 Å². The maximum atomic E-state index is 12.0. The van der Waals surface area contributed by atoms with E-state index in [1.165, 1.54) is 12.1 Å². The van der Waals surface area contributed by atoms with Crippen LogP contribution in [-0.2, 0) is 11.3 Å². The summed E-state index contributed by atoms with van der Waals surface area (Å²) in [5.74, 6) is -1.16. The second kappa shape index (κ2) is 6.64. The Labute approximate surface area is 143 Å². The van der Waals surface area contributed by atoms with Gasteiger partial charge in [-0.2, -0.15) is 4.98 Å². The summed E-state index contributed by atoms with van der Waals surface area (Å²) in [6, 6.07) is 10.5. The SMILES string of the molecule is Cc1ccc(-c2noc(COC(=O)c3ccc(C)c(O)c3O)n2)cc1. The van der Waals surface area contributed by atoms with Gasteiger partial charge in [-0.1, -0.05) is 41.1 Å². The first-order chi connectivity index (χ1) is 12.0. The summed E-state index contributed by atoms with van der Waals surface area (Å²) < 4.78 is 10.1. The van der Waals surface area contributed by atoms with E-state index in [4.69, 9.17) is 9.26 Å². The van der Waals surface area contributed by atoms with E-state index < -0.39 is 11.7 Å². The number of aromatic nitrogens is 2. The molecule has 0 aliphatic heterocycles. The molecule has 0 aliphatic rings. The van der Waals surface area contributed by atoms with Gasteiger partial charge in [-0.3, -0.25) is 0 Å². The zero-order valence-electron chi connectivity index (χ0n) is 13.7. The topological polar surface area (TPSA) is 106 Å². The number of carbonyl (C=O) groups is 1. The van der Waals surface area contributed by atoms with E-state index in [0.29, 0.717) is 11.4 Å². The van der Waals surface area contributed by atoms with Crippen molar-refractivity contribution in [2.75, 3.05) is 0 Å². The Morgan fingerprint density at radius 1 is 1.08 bits per heavy atom. The van der Waals surface area contributed by atoms with Gasteiger partial charge in [-0.05, 0) is 25.5 Å². The minimum Gasteiger partial charge on any atom is -0.504 e. The Kier molecular flexibility index (Phi) is 4.38. The van der Waals surface area contributed by atoms with E-state index in [0.717, 1.165) is 11.1 Å². The van der Waals surface area contributed by atoms with Crippen LogP contribution in [-0.4, -0.2) is 26.3 Å². The smallest absolute Gasteiger partial charge is 0.342 e. The van der Waals surface area contributed by atoms with Crippen molar-refractivity contribution >= 4 is 5.97 Å². The molecular formula is C18H16N2O5. The number of phenols is 2. The Balaban J connectivity index is 1.69. The average molecular weight is 340 g/mol. The maximum absolute atomic E-state index is 12.0. The monoisotopic (exact) mass is 340 g/mol. The van der Waals surface area contributed by atoms with Gasteiger partial charge < -0.3 is 19.5 Å². The Bertz CT molecular complexity index is 916. The molecule has 0 bridgehead atoms. The normalized spacial score (nSPS) is 10.6. The first-order valence-electron chi connectivity index (χ1n) is 7.54. The lowest BCUT2D eigenvalue weighted by Gasteiger charge is -2.07. The van der Waals surface area contributed by atoms with Crippen LogP contribution in [0.4, 0.5) is 0 Å². The Morgan fingerprint density at radius 3 is 2.52 bits per heavy atom. The number of hydrogen-bond acceptors (Lipinski definition) is 7. The van der Waals surface area contributed by atoms with Crippen molar-refractivity contribution < 1.29 is 24.3 Å². The summed E-state index contributed by atoms with van der Waals surface area (Å²) in [6.07, 6.45) is 0. The molecule has 0 radical (unpaired) electrons. The van der Waals surface area contributed by atoms with Gasteiger partial charge in [0, 0.05) is 5.56 Å². The lowest BCUT2D eigenvalue weighted by Crippen LogP contribution is -2.06. The molecule has 0 saturated heterocycles. The molecule has 3 aromatic rings. The van der Waals surface area contributed by atoms with Crippen molar-refractivity contribution in [1.82, 2.24) is 10.1 Å². The van der Waals surface area contributed by atoms with E-state index in [-0.39, 0.29) is 23.8 Å². The fourth-order valence-corrected chi connectivity index (χ4v) is 2.18. The molecule has 0 atom stereocenters. The summed E-state index contributed by atoms with van der Waals surface area (Å²) in [5, 5.41) is 23.3. The largest absolute Gasteiger partial charge is 0.504 e. The summed E-state index contributed by atoms with van der Waals surface area (Å²) >= 11 is 0. The molecule has 2 aromatic carbocycles. The van der Waals surface area contributed by atoms with Crippen LogP contribution in [0.5, 0.6) is 11.5 Å². The number of aryl methyl sites for hydroxylation is 2. The quantitative estimate of drug-likeness (QED) is 0.555. The van der Waals surface area contributed by atoms with Crippen molar-refractivity contribution in [3.05, 3.63) is 59.0 Å². The number of esters is 1. The summed E-state index contributed by atoms with van der Waals surface area (Å²) in [5.41, 5.74) is 2.21. The minimum absolute atomic E-state index is 0.125. The van der Waals surface area contributed by atoms with Crippen molar-refractivity contribution in [3.8, 4) is 22.9 Å². The minimum atomic E-state index is -0.803. The zero-order chi connectivity index (χ0) is 18.0. The molecule has 0 unspecified atom stereocenters. The van der Waals surface area contributed by atoms with E-state index >= 15 is 0 Å². The Morgan fingerprint density at radius 2 is 1.80 bits per heavy atom. The number of ether oxygens (including phenoxy) is 1. The first kappa shape index (κ1) is 16.5. The van der Waals surface area contributed by atoms with Crippen LogP contribution in [0.15, 0.2) is 40.9 Å². The molecule has 3 rings (SSSR count). The third-order valence-corrected chi connectivity index (χ3v) is 3.68. The molecule has 128 valence electrons. The van der Waals surface area contributed by atoms with Gasteiger partial charge in [-0.15, -0.1) is 0 Å².